The van der Waals surface area contributed by atoms with Crippen LogP contribution in [0.2, 0.25) is 15.1 Å². The molecule has 0 fully saturated rings. The van der Waals surface area contributed by atoms with Gasteiger partial charge < -0.3 is 10.0 Å². The molecule has 0 saturated heterocycles. The second-order valence-electron chi connectivity index (χ2n) is 7.08. The molecule has 0 aliphatic carbocycles. The van der Waals surface area contributed by atoms with Crippen LogP contribution in [0, 0.1) is 0 Å². The van der Waals surface area contributed by atoms with Crippen molar-refractivity contribution in [2.24, 2.45) is 0 Å². The molecule has 7 heteroatoms. The number of anilines is 1. The minimum atomic E-state index is -1.99. The Morgan fingerprint density at radius 2 is 1.53 bits per heavy atom. The highest BCUT2D eigenvalue weighted by Crippen LogP contribution is 2.44. The lowest BCUT2D eigenvalue weighted by Gasteiger charge is -2.23. The van der Waals surface area contributed by atoms with Crippen molar-refractivity contribution in [3.63, 3.8) is 0 Å². The molecule has 4 rings (SSSR count). The lowest BCUT2D eigenvalue weighted by molar-refractivity contribution is -0.136. The zero-order valence-corrected chi connectivity index (χ0v) is 17.9. The van der Waals surface area contributed by atoms with Gasteiger partial charge in [-0.15, -0.1) is 0 Å². The molecule has 1 unspecified atom stereocenters. The van der Waals surface area contributed by atoms with Crippen molar-refractivity contribution in [2.75, 3.05) is 4.90 Å². The number of amides is 1. The average Bonchev–Trinajstić information content (AvgIpc) is 2.93. The molecule has 1 N–H and O–H groups in total. The number of para-hydroxylation sites is 1. The summed E-state index contributed by atoms with van der Waals surface area (Å²) in [6, 6.07) is 18.3. The highest BCUT2D eigenvalue weighted by atomic mass is 35.5. The normalized spacial score (nSPS) is 17.9. The molecule has 1 aliphatic heterocycles. The van der Waals surface area contributed by atoms with E-state index in [1.54, 1.807) is 66.7 Å². The van der Waals surface area contributed by atoms with Gasteiger partial charge in [0.15, 0.2) is 11.4 Å². The molecule has 0 aromatic heterocycles. The Morgan fingerprint density at radius 3 is 2.20 bits per heavy atom. The van der Waals surface area contributed by atoms with E-state index in [1.165, 1.54) is 4.90 Å². The largest absolute Gasteiger partial charge is 0.375 e. The number of rotatable bonds is 5. The van der Waals surface area contributed by atoms with Gasteiger partial charge in [-0.3, -0.25) is 9.59 Å². The van der Waals surface area contributed by atoms with Gasteiger partial charge in [-0.05, 0) is 42.5 Å². The van der Waals surface area contributed by atoms with E-state index in [4.69, 9.17) is 34.8 Å². The van der Waals surface area contributed by atoms with Gasteiger partial charge in [-0.2, -0.15) is 0 Å². The SMILES string of the molecule is O=C(CC1(O)C(=O)N(Cc2c(Cl)cccc2Cl)c2ccccc21)c1ccc(Cl)cc1. The second kappa shape index (κ2) is 8.05. The van der Waals surface area contributed by atoms with E-state index < -0.39 is 17.9 Å². The lowest BCUT2D eigenvalue weighted by Crippen LogP contribution is -2.41. The number of benzene rings is 3. The van der Waals surface area contributed by atoms with Crippen molar-refractivity contribution in [1.29, 1.82) is 0 Å². The summed E-state index contributed by atoms with van der Waals surface area (Å²) in [7, 11) is 0. The molecule has 1 heterocycles. The zero-order chi connectivity index (χ0) is 21.5. The van der Waals surface area contributed by atoms with E-state index in [0.717, 1.165) is 0 Å². The number of hydrogen-bond acceptors (Lipinski definition) is 3. The first-order valence-electron chi connectivity index (χ1n) is 9.17. The molecular weight excluding hydrogens is 445 g/mol. The number of fused-ring (bicyclic) bond motifs is 1. The Hall–Kier alpha value is -2.37. The van der Waals surface area contributed by atoms with Gasteiger partial charge in [-0.25, -0.2) is 0 Å². The fourth-order valence-corrected chi connectivity index (χ4v) is 4.29. The molecule has 0 radical (unpaired) electrons. The Bertz CT molecular complexity index is 1130. The van der Waals surface area contributed by atoms with Crippen LogP contribution in [-0.4, -0.2) is 16.8 Å². The van der Waals surface area contributed by atoms with E-state index >= 15 is 0 Å². The van der Waals surface area contributed by atoms with Crippen LogP contribution in [0.25, 0.3) is 0 Å². The van der Waals surface area contributed by atoms with Gasteiger partial charge in [0.05, 0.1) is 18.7 Å². The van der Waals surface area contributed by atoms with Crippen LogP contribution in [0.3, 0.4) is 0 Å². The second-order valence-corrected chi connectivity index (χ2v) is 8.33. The molecule has 30 heavy (non-hydrogen) atoms. The maximum Gasteiger partial charge on any atom is 0.264 e. The average molecular weight is 461 g/mol. The summed E-state index contributed by atoms with van der Waals surface area (Å²) in [5.74, 6) is -0.961. The summed E-state index contributed by atoms with van der Waals surface area (Å²) in [6.45, 7) is 0.0752. The van der Waals surface area contributed by atoms with Gasteiger partial charge in [0.2, 0.25) is 0 Å². The lowest BCUT2D eigenvalue weighted by atomic mass is 9.88. The molecule has 3 aromatic rings. The van der Waals surface area contributed by atoms with Crippen molar-refractivity contribution in [2.45, 2.75) is 18.6 Å². The Balaban J connectivity index is 1.70. The summed E-state index contributed by atoms with van der Waals surface area (Å²) < 4.78 is 0. The maximum atomic E-state index is 13.3. The quantitative estimate of drug-likeness (QED) is 0.500. The molecular formula is C23H16Cl3NO3. The van der Waals surface area contributed by atoms with Crippen LogP contribution < -0.4 is 4.90 Å². The third-order valence-electron chi connectivity index (χ3n) is 5.20. The minimum Gasteiger partial charge on any atom is -0.375 e. The molecule has 1 aliphatic rings. The van der Waals surface area contributed by atoms with Crippen molar-refractivity contribution in [3.05, 3.63) is 98.5 Å². The summed E-state index contributed by atoms with van der Waals surface area (Å²) >= 11 is 18.4. The summed E-state index contributed by atoms with van der Waals surface area (Å²) in [5, 5.41) is 12.7. The van der Waals surface area contributed by atoms with Crippen LogP contribution in [0.15, 0.2) is 66.7 Å². The van der Waals surface area contributed by atoms with Crippen molar-refractivity contribution >= 4 is 52.2 Å². The van der Waals surface area contributed by atoms with Crippen LogP contribution in [-0.2, 0) is 16.9 Å². The summed E-state index contributed by atoms with van der Waals surface area (Å²) in [5.41, 5.74) is -0.158. The minimum absolute atomic E-state index is 0.0752. The van der Waals surface area contributed by atoms with Crippen LogP contribution in [0.4, 0.5) is 5.69 Å². The van der Waals surface area contributed by atoms with E-state index in [-0.39, 0.29) is 12.3 Å². The van der Waals surface area contributed by atoms with Crippen molar-refractivity contribution in [1.82, 2.24) is 0 Å². The topological polar surface area (TPSA) is 57.6 Å². The fourth-order valence-electron chi connectivity index (χ4n) is 3.65. The van der Waals surface area contributed by atoms with Gasteiger partial charge >= 0.3 is 0 Å². The molecule has 1 atom stereocenters. The maximum absolute atomic E-state index is 13.3. The molecule has 4 nitrogen and oxygen atoms in total. The molecule has 0 bridgehead atoms. The zero-order valence-electron chi connectivity index (χ0n) is 15.6. The van der Waals surface area contributed by atoms with E-state index in [1.807, 2.05) is 0 Å². The third kappa shape index (κ3) is 3.61. The standard InChI is InChI=1S/C23H16Cl3NO3/c24-15-10-8-14(9-11-15)21(28)12-23(30)17-4-1-2-7-20(17)27(22(23)29)13-16-18(25)5-3-6-19(16)26/h1-11,30H,12-13H2. The Morgan fingerprint density at radius 1 is 0.900 bits per heavy atom. The first kappa shape index (κ1) is 20.9. The van der Waals surface area contributed by atoms with Gasteiger partial charge in [0.25, 0.3) is 5.91 Å². The predicted molar refractivity (Wildman–Crippen MR) is 118 cm³/mol. The van der Waals surface area contributed by atoms with Crippen LogP contribution >= 0.6 is 34.8 Å². The molecule has 1 amide bonds. The number of ketones is 1. The number of nitrogens with zero attached hydrogens (tertiary/aromatic N) is 1. The number of halogens is 3. The van der Waals surface area contributed by atoms with E-state index in [0.29, 0.717) is 37.4 Å². The first-order valence-corrected chi connectivity index (χ1v) is 10.3. The number of hydrogen-bond donors (Lipinski definition) is 1. The summed E-state index contributed by atoms with van der Waals surface area (Å²) in [6.07, 6.45) is -0.392. The van der Waals surface area contributed by atoms with Crippen LogP contribution in [0.1, 0.15) is 27.9 Å². The van der Waals surface area contributed by atoms with Crippen LogP contribution in [0.5, 0.6) is 0 Å². The molecule has 3 aromatic carbocycles. The van der Waals surface area contributed by atoms with Crippen molar-refractivity contribution in [3.8, 4) is 0 Å². The predicted octanol–water partition coefficient (Wildman–Crippen LogP) is 5.65. The summed E-state index contributed by atoms with van der Waals surface area (Å²) in [4.78, 5) is 27.6. The monoisotopic (exact) mass is 459 g/mol. The smallest absolute Gasteiger partial charge is 0.264 e. The highest BCUT2D eigenvalue weighted by Gasteiger charge is 2.50. The number of carbonyl (C=O) groups excluding carboxylic acids is 2. The van der Waals surface area contributed by atoms with Gasteiger partial charge in [0.1, 0.15) is 0 Å². The van der Waals surface area contributed by atoms with E-state index in [9.17, 15) is 14.7 Å². The van der Waals surface area contributed by atoms with Gasteiger partial charge in [0, 0.05) is 31.8 Å². The van der Waals surface area contributed by atoms with Gasteiger partial charge in [-0.1, -0.05) is 59.1 Å². The number of aliphatic hydroxyl groups is 1. The van der Waals surface area contributed by atoms with E-state index in [2.05, 4.69) is 0 Å². The molecule has 0 spiro atoms. The Kier molecular flexibility index (Phi) is 5.60. The highest BCUT2D eigenvalue weighted by molar-refractivity contribution is 6.36. The van der Waals surface area contributed by atoms with Crippen molar-refractivity contribution < 1.29 is 14.7 Å². The first-order chi connectivity index (χ1) is 14.3. The third-order valence-corrected chi connectivity index (χ3v) is 6.16. The fraction of sp³-hybridized carbons (Fsp3) is 0.130. The molecule has 0 saturated carbocycles. The molecule has 152 valence electrons. The number of carbonyl (C=O) groups is 2. The Labute approximate surface area is 188 Å². The number of Topliss-reactive ketones (excluding diaryl/α,β-unsaturated/α-hetero) is 1.